The minimum Gasteiger partial charge on any atom is -0.478 e. The van der Waals surface area contributed by atoms with Crippen molar-refractivity contribution >= 4 is 11.9 Å². The van der Waals surface area contributed by atoms with E-state index < -0.39 is 5.97 Å². The third-order valence-electron chi connectivity index (χ3n) is 2.41. The van der Waals surface area contributed by atoms with E-state index in [1.54, 1.807) is 0 Å². The molecule has 5 nitrogen and oxygen atoms in total. The van der Waals surface area contributed by atoms with Gasteiger partial charge in [0.25, 0.3) is 5.91 Å². The van der Waals surface area contributed by atoms with Crippen LogP contribution >= 0.6 is 0 Å². The number of hydrogen-bond acceptors (Lipinski definition) is 3. The van der Waals surface area contributed by atoms with E-state index in [-0.39, 0.29) is 23.3 Å². The van der Waals surface area contributed by atoms with Crippen LogP contribution in [0.5, 0.6) is 0 Å². The SMILES string of the molecule is O=C(O)c1coc(C(=O)NC2CC=CC2)c1. The highest BCUT2D eigenvalue weighted by atomic mass is 16.4. The van der Waals surface area contributed by atoms with Crippen molar-refractivity contribution in [2.24, 2.45) is 0 Å². The Morgan fingerprint density at radius 3 is 2.62 bits per heavy atom. The van der Waals surface area contributed by atoms with Gasteiger partial charge < -0.3 is 14.8 Å². The molecule has 1 aliphatic carbocycles. The molecule has 0 bridgehead atoms. The Morgan fingerprint density at radius 1 is 1.38 bits per heavy atom. The molecule has 1 heterocycles. The third-order valence-corrected chi connectivity index (χ3v) is 2.41. The van der Waals surface area contributed by atoms with E-state index in [4.69, 9.17) is 9.52 Å². The summed E-state index contributed by atoms with van der Waals surface area (Å²) in [5.74, 6) is -1.45. The summed E-state index contributed by atoms with van der Waals surface area (Å²) >= 11 is 0. The van der Waals surface area contributed by atoms with Gasteiger partial charge in [-0.1, -0.05) is 12.2 Å². The van der Waals surface area contributed by atoms with Crippen LogP contribution in [0.1, 0.15) is 33.8 Å². The van der Waals surface area contributed by atoms with Crippen LogP contribution in [0.4, 0.5) is 0 Å². The van der Waals surface area contributed by atoms with Crippen LogP contribution in [0.2, 0.25) is 0 Å². The number of carboxylic acids is 1. The Labute approximate surface area is 91.8 Å². The van der Waals surface area contributed by atoms with Crippen LogP contribution in [-0.4, -0.2) is 23.0 Å². The zero-order valence-corrected chi connectivity index (χ0v) is 8.47. The molecule has 5 heteroatoms. The molecule has 0 aliphatic heterocycles. The van der Waals surface area contributed by atoms with E-state index in [0.29, 0.717) is 0 Å². The van der Waals surface area contributed by atoms with Crippen molar-refractivity contribution in [3.63, 3.8) is 0 Å². The molecule has 0 saturated carbocycles. The number of carboxylic acid groups (broad SMARTS) is 1. The maximum absolute atomic E-state index is 11.6. The fourth-order valence-corrected chi connectivity index (χ4v) is 1.56. The fourth-order valence-electron chi connectivity index (χ4n) is 1.56. The summed E-state index contributed by atoms with van der Waals surface area (Å²) < 4.78 is 4.88. The molecule has 84 valence electrons. The first-order valence-corrected chi connectivity index (χ1v) is 4.94. The number of carbonyl (C=O) groups is 2. The summed E-state index contributed by atoms with van der Waals surface area (Å²) in [5, 5.41) is 11.4. The quantitative estimate of drug-likeness (QED) is 0.756. The van der Waals surface area contributed by atoms with Gasteiger partial charge >= 0.3 is 5.97 Å². The molecule has 16 heavy (non-hydrogen) atoms. The molecule has 0 atom stereocenters. The lowest BCUT2D eigenvalue weighted by Gasteiger charge is -2.09. The summed E-state index contributed by atoms with van der Waals surface area (Å²) in [6, 6.07) is 1.31. The maximum Gasteiger partial charge on any atom is 0.338 e. The maximum atomic E-state index is 11.6. The Kier molecular flexibility index (Phi) is 2.76. The molecule has 0 spiro atoms. The molecule has 1 aliphatic rings. The van der Waals surface area contributed by atoms with E-state index >= 15 is 0 Å². The molecule has 0 fully saturated rings. The normalized spacial score (nSPS) is 15.2. The van der Waals surface area contributed by atoms with Crippen molar-refractivity contribution in [3.05, 3.63) is 35.8 Å². The molecule has 0 unspecified atom stereocenters. The Balaban J connectivity index is 2.00. The molecule has 1 aromatic heterocycles. The standard InChI is InChI=1S/C11H11NO4/c13-10(12-8-3-1-2-4-8)9-5-7(6-16-9)11(14)15/h1-2,5-6,8H,3-4H2,(H,12,13)(H,14,15). The second-order valence-electron chi connectivity index (χ2n) is 3.62. The van der Waals surface area contributed by atoms with E-state index in [2.05, 4.69) is 5.32 Å². The summed E-state index contributed by atoms with van der Waals surface area (Å²) in [7, 11) is 0. The van der Waals surface area contributed by atoms with Crippen LogP contribution in [-0.2, 0) is 0 Å². The van der Waals surface area contributed by atoms with Crippen molar-refractivity contribution < 1.29 is 19.1 Å². The minimum atomic E-state index is -1.11. The molecule has 1 aromatic rings. The number of hydrogen-bond donors (Lipinski definition) is 2. The van der Waals surface area contributed by atoms with E-state index in [9.17, 15) is 9.59 Å². The Morgan fingerprint density at radius 2 is 2.06 bits per heavy atom. The predicted octanol–water partition coefficient (Wildman–Crippen LogP) is 1.43. The van der Waals surface area contributed by atoms with Crippen LogP contribution in [0, 0.1) is 0 Å². The van der Waals surface area contributed by atoms with Gasteiger partial charge in [-0.15, -0.1) is 0 Å². The average molecular weight is 221 g/mol. The molecular formula is C11H11NO4. The van der Waals surface area contributed by atoms with Crippen molar-refractivity contribution in [2.75, 3.05) is 0 Å². The first-order valence-electron chi connectivity index (χ1n) is 4.94. The Bertz CT molecular complexity index is 439. The lowest BCUT2D eigenvalue weighted by Crippen LogP contribution is -2.32. The average Bonchev–Trinajstić information content (AvgIpc) is 2.86. The highest BCUT2D eigenvalue weighted by Crippen LogP contribution is 2.12. The van der Waals surface area contributed by atoms with E-state index in [0.717, 1.165) is 19.1 Å². The number of nitrogens with one attached hydrogen (secondary N) is 1. The molecule has 2 N–H and O–H groups in total. The van der Waals surface area contributed by atoms with Crippen molar-refractivity contribution in [1.82, 2.24) is 5.32 Å². The predicted molar refractivity (Wildman–Crippen MR) is 55.3 cm³/mol. The molecule has 0 saturated heterocycles. The first kappa shape index (κ1) is 10.5. The zero-order valence-electron chi connectivity index (χ0n) is 8.47. The minimum absolute atomic E-state index is 0.0188. The first-order chi connectivity index (χ1) is 7.66. The molecule has 2 rings (SSSR count). The van der Waals surface area contributed by atoms with Gasteiger partial charge in [0.05, 0.1) is 5.56 Å². The Hall–Kier alpha value is -2.04. The lowest BCUT2D eigenvalue weighted by molar-refractivity contribution is 0.0695. The van der Waals surface area contributed by atoms with Gasteiger partial charge in [-0.2, -0.15) is 0 Å². The summed E-state index contributed by atoms with van der Waals surface area (Å²) in [4.78, 5) is 22.2. The lowest BCUT2D eigenvalue weighted by atomic mass is 10.2. The monoisotopic (exact) mass is 221 g/mol. The number of amides is 1. The van der Waals surface area contributed by atoms with Crippen LogP contribution in [0.3, 0.4) is 0 Å². The van der Waals surface area contributed by atoms with Gasteiger partial charge in [-0.3, -0.25) is 4.79 Å². The number of carbonyl (C=O) groups excluding carboxylic acids is 1. The number of rotatable bonds is 3. The smallest absolute Gasteiger partial charge is 0.338 e. The van der Waals surface area contributed by atoms with Crippen LogP contribution < -0.4 is 5.32 Å². The number of furan rings is 1. The summed E-state index contributed by atoms with van der Waals surface area (Å²) in [6.07, 6.45) is 6.66. The van der Waals surface area contributed by atoms with E-state index in [1.165, 1.54) is 6.07 Å². The number of aromatic carboxylic acids is 1. The topological polar surface area (TPSA) is 79.5 Å². The highest BCUT2D eigenvalue weighted by molar-refractivity contribution is 5.95. The van der Waals surface area contributed by atoms with Gasteiger partial charge in [0, 0.05) is 12.1 Å². The van der Waals surface area contributed by atoms with E-state index in [1.807, 2.05) is 12.2 Å². The third kappa shape index (κ3) is 2.13. The van der Waals surface area contributed by atoms with Gasteiger partial charge in [-0.25, -0.2) is 4.79 Å². The fraction of sp³-hybridized carbons (Fsp3) is 0.273. The largest absolute Gasteiger partial charge is 0.478 e. The van der Waals surface area contributed by atoms with Crippen LogP contribution in [0.15, 0.2) is 28.9 Å². The highest BCUT2D eigenvalue weighted by Gasteiger charge is 2.18. The van der Waals surface area contributed by atoms with Gasteiger partial charge in [0.15, 0.2) is 5.76 Å². The summed E-state index contributed by atoms with van der Waals surface area (Å²) in [6.45, 7) is 0. The van der Waals surface area contributed by atoms with Gasteiger partial charge in [0.2, 0.25) is 0 Å². The summed E-state index contributed by atoms with van der Waals surface area (Å²) in [5.41, 5.74) is -0.0188. The van der Waals surface area contributed by atoms with Gasteiger partial charge in [0.1, 0.15) is 6.26 Å². The van der Waals surface area contributed by atoms with Crippen LogP contribution in [0.25, 0.3) is 0 Å². The second-order valence-corrected chi connectivity index (χ2v) is 3.62. The van der Waals surface area contributed by atoms with Crippen molar-refractivity contribution in [3.8, 4) is 0 Å². The molecule has 0 aromatic carbocycles. The molecule has 1 amide bonds. The molecule has 0 radical (unpaired) electrons. The second kappa shape index (κ2) is 4.22. The van der Waals surface area contributed by atoms with Crippen molar-refractivity contribution in [2.45, 2.75) is 18.9 Å². The zero-order chi connectivity index (χ0) is 11.5. The van der Waals surface area contributed by atoms with Gasteiger partial charge in [-0.05, 0) is 12.8 Å². The van der Waals surface area contributed by atoms with Crippen molar-refractivity contribution in [1.29, 1.82) is 0 Å². The molecular weight excluding hydrogens is 210 g/mol.